The number of hydrogen-bond donors (Lipinski definition) is 1. The van der Waals surface area contributed by atoms with Crippen LogP contribution < -0.4 is 9.62 Å². The fourth-order valence-electron chi connectivity index (χ4n) is 2.69. The third-order valence-electron chi connectivity index (χ3n) is 4.36. The van der Waals surface area contributed by atoms with Gasteiger partial charge in [0.15, 0.2) is 0 Å². The van der Waals surface area contributed by atoms with E-state index in [1.807, 2.05) is 24.3 Å². The highest BCUT2D eigenvalue weighted by Gasteiger charge is 2.20. The number of nitrogens with zero attached hydrogens (tertiary/aromatic N) is 1. The third kappa shape index (κ3) is 7.69. The van der Waals surface area contributed by atoms with Crippen LogP contribution >= 0.6 is 35.0 Å². The molecule has 0 saturated carbocycles. The number of thioether (sulfide) groups is 1. The molecule has 0 spiro atoms. The van der Waals surface area contributed by atoms with E-state index in [9.17, 15) is 13.2 Å². The van der Waals surface area contributed by atoms with Crippen molar-refractivity contribution in [2.24, 2.45) is 0 Å². The summed E-state index contributed by atoms with van der Waals surface area (Å²) in [5.41, 5.74) is 2.63. The second-order valence-corrected chi connectivity index (χ2v) is 11.0. The Hall–Kier alpha value is -1.41. The van der Waals surface area contributed by atoms with E-state index in [1.54, 1.807) is 30.0 Å². The molecule has 30 heavy (non-hydrogen) atoms. The summed E-state index contributed by atoms with van der Waals surface area (Å²) in [4.78, 5) is 12.3. The summed E-state index contributed by atoms with van der Waals surface area (Å²) in [5, 5.41) is 3.82. The number of nitrogens with one attached hydrogen (secondary N) is 1. The maximum atomic E-state index is 12.3. The first-order valence-electron chi connectivity index (χ1n) is 9.44. The van der Waals surface area contributed by atoms with Gasteiger partial charge in [0.2, 0.25) is 15.9 Å². The average Bonchev–Trinajstić information content (AvgIpc) is 2.67. The van der Waals surface area contributed by atoms with Crippen molar-refractivity contribution in [2.45, 2.75) is 25.5 Å². The van der Waals surface area contributed by atoms with Crippen molar-refractivity contribution in [3.63, 3.8) is 0 Å². The normalized spacial score (nSPS) is 11.5. The molecule has 0 aromatic heterocycles. The lowest BCUT2D eigenvalue weighted by molar-refractivity contribution is -0.119. The number of carbonyl (C=O) groups is 1. The molecule has 0 aliphatic carbocycles. The minimum Gasteiger partial charge on any atom is -0.354 e. The minimum atomic E-state index is -3.58. The number of halogens is 2. The number of anilines is 1. The van der Waals surface area contributed by atoms with Gasteiger partial charge in [0, 0.05) is 18.1 Å². The quantitative estimate of drug-likeness (QED) is 0.481. The Morgan fingerprint density at radius 2 is 1.77 bits per heavy atom. The first kappa shape index (κ1) is 24.9. The molecule has 2 aromatic carbocycles. The largest absolute Gasteiger partial charge is 0.354 e. The fraction of sp³-hybridized carbons (Fsp3) is 0.381. The standard InChI is InChI=1S/C21H26Cl2N2O3S2/c1-15(2)17-5-7-18(8-6-17)25(30(3,27)28)13-21(26)24-10-11-29-14-16-4-9-19(22)20(23)12-16/h4-9,12,15H,10-11,13-14H2,1-3H3,(H,24,26). The lowest BCUT2D eigenvalue weighted by Crippen LogP contribution is -2.41. The van der Waals surface area contributed by atoms with Crippen LogP contribution in [-0.2, 0) is 20.6 Å². The van der Waals surface area contributed by atoms with Gasteiger partial charge in [0.1, 0.15) is 6.54 Å². The lowest BCUT2D eigenvalue weighted by atomic mass is 10.0. The van der Waals surface area contributed by atoms with Crippen LogP contribution in [0.2, 0.25) is 10.0 Å². The van der Waals surface area contributed by atoms with E-state index in [4.69, 9.17) is 23.2 Å². The fourth-order valence-corrected chi connectivity index (χ4v) is 4.68. The highest BCUT2D eigenvalue weighted by Crippen LogP contribution is 2.25. The Kier molecular flexibility index (Phi) is 9.34. The van der Waals surface area contributed by atoms with Gasteiger partial charge in [0.25, 0.3) is 0 Å². The number of amides is 1. The summed E-state index contributed by atoms with van der Waals surface area (Å²) in [6, 6.07) is 12.7. The molecule has 0 heterocycles. The number of hydrogen-bond acceptors (Lipinski definition) is 4. The topological polar surface area (TPSA) is 66.5 Å². The summed E-state index contributed by atoms with van der Waals surface area (Å²) >= 11 is 13.5. The van der Waals surface area contributed by atoms with Crippen LogP contribution in [0.1, 0.15) is 30.9 Å². The molecule has 9 heteroatoms. The van der Waals surface area contributed by atoms with Crippen molar-refractivity contribution in [3.05, 3.63) is 63.6 Å². The van der Waals surface area contributed by atoms with Crippen molar-refractivity contribution in [1.29, 1.82) is 0 Å². The van der Waals surface area contributed by atoms with Gasteiger partial charge in [0.05, 0.1) is 22.0 Å². The maximum absolute atomic E-state index is 12.3. The van der Waals surface area contributed by atoms with Gasteiger partial charge >= 0.3 is 0 Å². The van der Waals surface area contributed by atoms with Crippen molar-refractivity contribution in [3.8, 4) is 0 Å². The molecule has 1 amide bonds. The second kappa shape index (κ2) is 11.3. The predicted molar refractivity (Wildman–Crippen MR) is 128 cm³/mol. The molecule has 164 valence electrons. The molecule has 0 fully saturated rings. The highest BCUT2D eigenvalue weighted by molar-refractivity contribution is 7.98. The first-order valence-corrected chi connectivity index (χ1v) is 13.2. The molecule has 5 nitrogen and oxygen atoms in total. The Balaban J connectivity index is 1.85. The van der Waals surface area contributed by atoms with E-state index >= 15 is 0 Å². The Bertz CT molecular complexity index is 965. The Morgan fingerprint density at radius 1 is 1.10 bits per heavy atom. The smallest absolute Gasteiger partial charge is 0.240 e. The van der Waals surface area contributed by atoms with Crippen molar-refractivity contribution >= 4 is 56.6 Å². The highest BCUT2D eigenvalue weighted by atomic mass is 35.5. The molecule has 0 radical (unpaired) electrons. The minimum absolute atomic E-state index is 0.253. The molecule has 0 aliphatic rings. The number of carbonyl (C=O) groups excluding carboxylic acids is 1. The van der Waals surface area contributed by atoms with Crippen LogP contribution in [0, 0.1) is 0 Å². The van der Waals surface area contributed by atoms with Gasteiger partial charge in [-0.1, -0.05) is 55.2 Å². The van der Waals surface area contributed by atoms with Crippen LogP contribution in [0.15, 0.2) is 42.5 Å². The Morgan fingerprint density at radius 3 is 2.33 bits per heavy atom. The maximum Gasteiger partial charge on any atom is 0.240 e. The van der Waals surface area contributed by atoms with Crippen molar-refractivity contribution in [2.75, 3.05) is 29.4 Å². The van der Waals surface area contributed by atoms with E-state index in [-0.39, 0.29) is 12.5 Å². The van der Waals surface area contributed by atoms with E-state index in [0.717, 1.165) is 27.4 Å². The predicted octanol–water partition coefficient (Wildman–Crippen LogP) is 4.93. The SMILES string of the molecule is CC(C)c1ccc(N(CC(=O)NCCSCc2ccc(Cl)c(Cl)c2)S(C)(=O)=O)cc1. The zero-order valence-electron chi connectivity index (χ0n) is 17.2. The molecule has 0 atom stereocenters. The molecule has 0 aliphatic heterocycles. The van der Waals surface area contributed by atoms with Crippen LogP contribution in [0.5, 0.6) is 0 Å². The zero-order chi connectivity index (χ0) is 22.3. The average molecular weight is 489 g/mol. The van der Waals surface area contributed by atoms with Gasteiger partial charge in [-0.15, -0.1) is 0 Å². The molecule has 2 aromatic rings. The molecule has 1 N–H and O–H groups in total. The van der Waals surface area contributed by atoms with Gasteiger partial charge in [-0.05, 0) is 41.3 Å². The monoisotopic (exact) mass is 488 g/mol. The summed E-state index contributed by atoms with van der Waals surface area (Å²) < 4.78 is 25.5. The van der Waals surface area contributed by atoms with Crippen LogP contribution in [0.4, 0.5) is 5.69 Å². The van der Waals surface area contributed by atoms with Gasteiger partial charge in [-0.3, -0.25) is 9.10 Å². The Labute approximate surface area is 193 Å². The van der Waals surface area contributed by atoms with E-state index < -0.39 is 10.0 Å². The summed E-state index contributed by atoms with van der Waals surface area (Å²) in [6.07, 6.45) is 1.10. The summed E-state index contributed by atoms with van der Waals surface area (Å²) in [5.74, 6) is 1.43. The number of rotatable bonds is 10. The van der Waals surface area contributed by atoms with Gasteiger partial charge in [-0.25, -0.2) is 8.42 Å². The van der Waals surface area contributed by atoms with Crippen molar-refractivity contribution in [1.82, 2.24) is 5.32 Å². The van der Waals surface area contributed by atoms with Crippen LogP contribution in [-0.4, -0.2) is 39.4 Å². The lowest BCUT2D eigenvalue weighted by Gasteiger charge is -2.22. The zero-order valence-corrected chi connectivity index (χ0v) is 20.3. The van der Waals surface area contributed by atoms with E-state index in [1.165, 1.54) is 0 Å². The number of benzene rings is 2. The van der Waals surface area contributed by atoms with E-state index in [2.05, 4.69) is 19.2 Å². The molecule has 0 saturated heterocycles. The molecular formula is C21H26Cl2N2O3S2. The van der Waals surface area contributed by atoms with Crippen molar-refractivity contribution < 1.29 is 13.2 Å². The molecular weight excluding hydrogens is 463 g/mol. The third-order valence-corrected chi connectivity index (χ3v) is 7.27. The van der Waals surface area contributed by atoms with Crippen LogP contribution in [0.3, 0.4) is 0 Å². The summed E-state index contributed by atoms with van der Waals surface area (Å²) in [6.45, 7) is 4.32. The van der Waals surface area contributed by atoms with Gasteiger partial charge < -0.3 is 5.32 Å². The second-order valence-electron chi connectivity index (χ2n) is 7.17. The van der Waals surface area contributed by atoms with E-state index in [0.29, 0.717) is 33.9 Å². The molecule has 0 bridgehead atoms. The van der Waals surface area contributed by atoms with Gasteiger partial charge in [-0.2, -0.15) is 11.8 Å². The number of sulfonamides is 1. The molecule has 0 unspecified atom stereocenters. The molecule has 2 rings (SSSR count). The van der Waals surface area contributed by atoms with Crippen LogP contribution in [0.25, 0.3) is 0 Å². The first-order chi connectivity index (χ1) is 14.1. The summed E-state index contributed by atoms with van der Waals surface area (Å²) in [7, 11) is -3.58.